The van der Waals surface area contributed by atoms with E-state index in [-0.39, 0.29) is 0 Å². The molecule has 26 heavy (non-hydrogen) atoms. The van der Waals surface area contributed by atoms with Gasteiger partial charge in [-0.2, -0.15) is 0 Å². The van der Waals surface area contributed by atoms with Crippen molar-refractivity contribution in [1.29, 1.82) is 0 Å². The van der Waals surface area contributed by atoms with Crippen molar-refractivity contribution in [3.05, 3.63) is 54.1 Å². The molecule has 5 heteroatoms. The van der Waals surface area contributed by atoms with Crippen molar-refractivity contribution in [2.75, 3.05) is 19.5 Å². The standard InChI is InChI=1S/C21H30O4S/c1-4-6-15-24-20-17-19(18-11-9-8-10-12-18)13-14-21(20,26(3,22)23)25-16-7-5-2/h8-14,17,20H,4-7,15-16H2,1-3H3. The Hall–Kier alpha value is -1.43. The summed E-state index contributed by atoms with van der Waals surface area (Å²) in [5.74, 6) is 0. The number of allylic oxidation sites excluding steroid dienone is 2. The number of hydrogen-bond donors (Lipinski definition) is 0. The van der Waals surface area contributed by atoms with Gasteiger partial charge >= 0.3 is 0 Å². The maximum atomic E-state index is 12.7. The molecule has 0 amide bonds. The maximum Gasteiger partial charge on any atom is 0.217 e. The van der Waals surface area contributed by atoms with E-state index < -0.39 is 20.9 Å². The quantitative estimate of drug-likeness (QED) is 0.567. The molecular formula is C21H30O4S. The van der Waals surface area contributed by atoms with Gasteiger partial charge in [0, 0.05) is 19.5 Å². The van der Waals surface area contributed by atoms with Gasteiger partial charge in [0.25, 0.3) is 0 Å². The average molecular weight is 379 g/mol. The minimum Gasteiger partial charge on any atom is -0.370 e. The Morgan fingerprint density at radius 1 is 1.04 bits per heavy atom. The minimum absolute atomic E-state index is 0.385. The van der Waals surface area contributed by atoms with Crippen LogP contribution in [0.2, 0.25) is 0 Å². The van der Waals surface area contributed by atoms with Crippen molar-refractivity contribution < 1.29 is 17.9 Å². The van der Waals surface area contributed by atoms with E-state index in [1.165, 1.54) is 6.26 Å². The van der Waals surface area contributed by atoms with Crippen LogP contribution in [-0.2, 0) is 19.3 Å². The molecular weight excluding hydrogens is 348 g/mol. The highest BCUT2D eigenvalue weighted by Gasteiger charge is 2.48. The van der Waals surface area contributed by atoms with Crippen LogP contribution in [-0.4, -0.2) is 38.9 Å². The molecule has 144 valence electrons. The highest BCUT2D eigenvalue weighted by molar-refractivity contribution is 7.92. The molecule has 1 aliphatic carbocycles. The molecule has 0 spiro atoms. The molecule has 1 aromatic carbocycles. The van der Waals surface area contributed by atoms with Gasteiger partial charge in [0.15, 0.2) is 9.84 Å². The summed E-state index contributed by atoms with van der Waals surface area (Å²) in [4.78, 5) is -1.46. The van der Waals surface area contributed by atoms with E-state index in [0.29, 0.717) is 13.2 Å². The fraction of sp³-hybridized carbons (Fsp3) is 0.524. The fourth-order valence-corrected chi connectivity index (χ4v) is 4.10. The number of hydrogen-bond acceptors (Lipinski definition) is 4. The van der Waals surface area contributed by atoms with E-state index in [2.05, 4.69) is 13.8 Å². The molecule has 0 saturated carbocycles. The summed E-state index contributed by atoms with van der Waals surface area (Å²) in [6.07, 6.45) is 9.56. The first-order chi connectivity index (χ1) is 12.4. The Labute approximate surface area is 157 Å². The van der Waals surface area contributed by atoms with E-state index in [4.69, 9.17) is 9.47 Å². The third-order valence-electron chi connectivity index (χ3n) is 4.53. The molecule has 1 aliphatic rings. The Morgan fingerprint density at radius 3 is 2.31 bits per heavy atom. The first-order valence-electron chi connectivity index (χ1n) is 9.36. The Bertz CT molecular complexity index is 722. The number of benzene rings is 1. The van der Waals surface area contributed by atoms with E-state index >= 15 is 0 Å². The van der Waals surface area contributed by atoms with E-state index in [1.807, 2.05) is 42.5 Å². The Balaban J connectivity index is 2.39. The van der Waals surface area contributed by atoms with Crippen LogP contribution in [0, 0.1) is 0 Å². The smallest absolute Gasteiger partial charge is 0.217 e. The van der Waals surface area contributed by atoms with Crippen LogP contribution in [0.15, 0.2) is 48.6 Å². The molecule has 0 radical (unpaired) electrons. The lowest BCUT2D eigenvalue weighted by atomic mass is 9.96. The maximum absolute atomic E-state index is 12.7. The van der Waals surface area contributed by atoms with Crippen molar-refractivity contribution in [2.24, 2.45) is 0 Å². The SMILES string of the molecule is CCCCOC1C=C(c2ccccc2)C=CC1(OCCCC)S(C)(=O)=O. The summed E-state index contributed by atoms with van der Waals surface area (Å²) in [7, 11) is -3.54. The number of rotatable bonds is 10. The molecule has 2 atom stereocenters. The van der Waals surface area contributed by atoms with Crippen molar-refractivity contribution in [3.63, 3.8) is 0 Å². The summed E-state index contributed by atoms with van der Waals surface area (Å²) in [5.41, 5.74) is 1.98. The van der Waals surface area contributed by atoms with Gasteiger partial charge < -0.3 is 9.47 Å². The van der Waals surface area contributed by atoms with Gasteiger partial charge in [-0.3, -0.25) is 0 Å². The van der Waals surface area contributed by atoms with Crippen molar-refractivity contribution in [1.82, 2.24) is 0 Å². The monoisotopic (exact) mass is 378 g/mol. The Kier molecular flexibility index (Phi) is 7.62. The van der Waals surface area contributed by atoms with E-state index in [9.17, 15) is 8.42 Å². The number of sulfone groups is 1. The van der Waals surface area contributed by atoms with Crippen LogP contribution in [0.3, 0.4) is 0 Å². The van der Waals surface area contributed by atoms with Gasteiger partial charge in [0.1, 0.15) is 6.10 Å². The zero-order valence-electron chi connectivity index (χ0n) is 16.0. The molecule has 2 unspecified atom stereocenters. The molecule has 0 aromatic heterocycles. The lowest BCUT2D eigenvalue weighted by molar-refractivity contribution is -0.0553. The zero-order valence-corrected chi connectivity index (χ0v) is 16.8. The molecule has 0 saturated heterocycles. The summed E-state index contributed by atoms with van der Waals surface area (Å²) in [5, 5.41) is 0. The average Bonchev–Trinajstić information content (AvgIpc) is 2.63. The van der Waals surface area contributed by atoms with Gasteiger partial charge in [-0.1, -0.05) is 63.1 Å². The van der Waals surface area contributed by atoms with Crippen LogP contribution < -0.4 is 0 Å². The second kappa shape index (κ2) is 9.49. The second-order valence-corrected chi connectivity index (χ2v) is 8.84. The number of ether oxygens (including phenoxy) is 2. The second-order valence-electron chi connectivity index (χ2n) is 6.66. The molecule has 1 aromatic rings. The predicted molar refractivity (Wildman–Crippen MR) is 107 cm³/mol. The molecule has 4 nitrogen and oxygen atoms in total. The van der Waals surface area contributed by atoms with Gasteiger partial charge in [-0.05, 0) is 36.1 Å². The highest BCUT2D eigenvalue weighted by atomic mass is 32.2. The molecule has 0 bridgehead atoms. The van der Waals surface area contributed by atoms with Crippen LogP contribution in [0.1, 0.15) is 45.1 Å². The lowest BCUT2D eigenvalue weighted by Crippen LogP contribution is -2.51. The van der Waals surface area contributed by atoms with Crippen molar-refractivity contribution in [2.45, 2.75) is 50.6 Å². The highest BCUT2D eigenvalue weighted by Crippen LogP contribution is 2.36. The van der Waals surface area contributed by atoms with E-state index in [0.717, 1.165) is 36.8 Å². The summed E-state index contributed by atoms with van der Waals surface area (Å²) in [6.45, 7) is 5.02. The van der Waals surface area contributed by atoms with Crippen molar-refractivity contribution in [3.8, 4) is 0 Å². The van der Waals surface area contributed by atoms with Crippen molar-refractivity contribution >= 4 is 15.4 Å². The first kappa shape index (κ1) is 20.9. The third-order valence-corrected chi connectivity index (χ3v) is 6.18. The van der Waals surface area contributed by atoms with Crippen LogP contribution in [0.4, 0.5) is 0 Å². The summed E-state index contributed by atoms with van der Waals surface area (Å²) < 4.78 is 37.4. The van der Waals surface area contributed by atoms with Crippen LogP contribution in [0.5, 0.6) is 0 Å². The first-order valence-corrected chi connectivity index (χ1v) is 11.3. The number of unbranched alkanes of at least 4 members (excludes halogenated alkanes) is 2. The van der Waals surface area contributed by atoms with Crippen LogP contribution >= 0.6 is 0 Å². The van der Waals surface area contributed by atoms with E-state index in [1.54, 1.807) is 6.08 Å². The van der Waals surface area contributed by atoms with Gasteiger partial charge in [-0.25, -0.2) is 8.42 Å². The van der Waals surface area contributed by atoms with Crippen LogP contribution in [0.25, 0.3) is 5.57 Å². The molecule has 2 rings (SSSR count). The summed E-state index contributed by atoms with van der Waals surface area (Å²) >= 11 is 0. The molecule has 0 heterocycles. The molecule has 0 aliphatic heterocycles. The Morgan fingerprint density at radius 2 is 1.69 bits per heavy atom. The zero-order chi connectivity index (χ0) is 19.0. The fourth-order valence-electron chi connectivity index (χ4n) is 2.93. The van der Waals surface area contributed by atoms with Gasteiger partial charge in [-0.15, -0.1) is 0 Å². The summed E-state index contributed by atoms with van der Waals surface area (Å²) in [6, 6.07) is 9.90. The predicted octanol–water partition coefficient (Wildman–Crippen LogP) is 4.38. The topological polar surface area (TPSA) is 52.6 Å². The minimum atomic E-state index is -3.54. The molecule has 0 fully saturated rings. The molecule has 0 N–H and O–H groups in total. The lowest BCUT2D eigenvalue weighted by Gasteiger charge is -2.37. The van der Waals surface area contributed by atoms with Gasteiger partial charge in [0.2, 0.25) is 4.93 Å². The third kappa shape index (κ3) is 4.84. The largest absolute Gasteiger partial charge is 0.370 e. The normalized spacial score (nSPS) is 23.0. The van der Waals surface area contributed by atoms with Gasteiger partial charge in [0.05, 0.1) is 0 Å².